The quantitative estimate of drug-likeness (QED) is 0.0222. The number of hydrogen-bond donors (Lipinski definition) is 3. The first-order valence-electron chi connectivity index (χ1n) is 39.1. The van der Waals surface area contributed by atoms with Crippen LogP contribution in [0.2, 0.25) is 0 Å². The molecule has 0 aromatic heterocycles. The van der Waals surface area contributed by atoms with E-state index in [-0.39, 0.29) is 25.7 Å². The average molecular weight is 1380 g/mol. The zero-order valence-corrected chi connectivity index (χ0v) is 62.9. The monoisotopic (exact) mass is 1380 g/mol. The van der Waals surface area contributed by atoms with E-state index in [2.05, 4.69) is 34.6 Å². The number of carbonyl (C=O) groups is 4. The summed E-state index contributed by atoms with van der Waals surface area (Å²) in [7, 11) is -9.90. The second-order valence-corrected chi connectivity index (χ2v) is 30.4. The average Bonchev–Trinajstić information content (AvgIpc) is 1.74. The molecule has 0 rings (SSSR count). The van der Waals surface area contributed by atoms with Crippen LogP contribution in [0.15, 0.2) is 0 Å². The normalized spacial score (nSPS) is 14.0. The fourth-order valence-corrected chi connectivity index (χ4v) is 13.1. The predicted molar refractivity (Wildman–Crippen MR) is 382 cm³/mol. The lowest BCUT2D eigenvalue weighted by atomic mass is 10.0. The van der Waals surface area contributed by atoms with Crippen LogP contribution in [-0.4, -0.2) is 96.7 Å². The summed E-state index contributed by atoms with van der Waals surface area (Å²) in [5, 5.41) is 10.6. The molecule has 2 unspecified atom stereocenters. The van der Waals surface area contributed by atoms with Gasteiger partial charge in [-0.25, -0.2) is 9.13 Å². The minimum Gasteiger partial charge on any atom is -0.462 e. The van der Waals surface area contributed by atoms with Crippen LogP contribution < -0.4 is 0 Å². The van der Waals surface area contributed by atoms with Gasteiger partial charge in [-0.15, -0.1) is 0 Å². The number of hydrogen-bond acceptors (Lipinski definition) is 15. The van der Waals surface area contributed by atoms with E-state index in [1.54, 1.807) is 0 Å². The summed E-state index contributed by atoms with van der Waals surface area (Å²) < 4.78 is 68.4. The second-order valence-electron chi connectivity index (χ2n) is 27.5. The molecule has 0 saturated carbocycles. The molecule has 0 saturated heterocycles. The third kappa shape index (κ3) is 68.6. The standard InChI is InChI=1S/C75H146O17P2/c1-6-9-12-15-18-21-23-24-25-26-27-28-29-34-37-41-46-51-56-61-75(80)92-71(65-86-73(78)59-54-49-44-40-36-33-31-30-32-35-38-42-47-52-57-68(4)5)67-90-94(83,84)88-63-69(76)62-87-93(81,82)89-66-70(64-85-72(77)58-53-48-43-20-17-14-11-8-3)91-74(79)60-55-50-45-39-22-19-16-13-10-7-2/h68-71,76H,6-67H2,1-5H3,(H,81,82)(H,83,84)/t69-,70+,71+/m0/s1. The zero-order chi connectivity index (χ0) is 69.1. The maximum Gasteiger partial charge on any atom is 0.472 e. The van der Waals surface area contributed by atoms with Crippen molar-refractivity contribution in [3.63, 3.8) is 0 Å². The van der Waals surface area contributed by atoms with Crippen molar-refractivity contribution in [2.45, 2.75) is 412 Å². The number of phosphoric acid groups is 2. The van der Waals surface area contributed by atoms with Gasteiger partial charge in [-0.2, -0.15) is 0 Å². The Bertz CT molecular complexity index is 1810. The van der Waals surface area contributed by atoms with Crippen molar-refractivity contribution in [3.05, 3.63) is 0 Å². The molecule has 0 bridgehead atoms. The lowest BCUT2D eigenvalue weighted by Crippen LogP contribution is -2.30. The minimum absolute atomic E-state index is 0.107. The second kappa shape index (κ2) is 68.2. The molecule has 0 heterocycles. The molecule has 19 heteroatoms. The van der Waals surface area contributed by atoms with E-state index in [1.165, 1.54) is 212 Å². The van der Waals surface area contributed by atoms with E-state index in [0.29, 0.717) is 25.7 Å². The molecular formula is C75H146O17P2. The molecule has 0 aromatic rings. The Morgan fingerprint density at radius 2 is 0.489 bits per heavy atom. The van der Waals surface area contributed by atoms with Gasteiger partial charge in [0, 0.05) is 25.7 Å². The van der Waals surface area contributed by atoms with E-state index in [4.69, 9.17) is 37.0 Å². The lowest BCUT2D eigenvalue weighted by molar-refractivity contribution is -0.161. The van der Waals surface area contributed by atoms with Gasteiger partial charge in [0.05, 0.1) is 26.4 Å². The molecule has 3 N–H and O–H groups in total. The van der Waals surface area contributed by atoms with Crippen molar-refractivity contribution in [1.82, 2.24) is 0 Å². The van der Waals surface area contributed by atoms with Crippen molar-refractivity contribution in [2.24, 2.45) is 5.92 Å². The highest BCUT2D eigenvalue weighted by Gasteiger charge is 2.30. The number of aliphatic hydroxyl groups is 1. The van der Waals surface area contributed by atoms with Crippen molar-refractivity contribution < 1.29 is 80.2 Å². The highest BCUT2D eigenvalue weighted by Crippen LogP contribution is 2.45. The topological polar surface area (TPSA) is 237 Å². The maximum absolute atomic E-state index is 13.1. The van der Waals surface area contributed by atoms with Crippen molar-refractivity contribution in [2.75, 3.05) is 39.6 Å². The molecular weight excluding hydrogens is 1230 g/mol. The Kier molecular flexibility index (Phi) is 66.8. The molecule has 0 aromatic carbocycles. The first-order valence-corrected chi connectivity index (χ1v) is 42.1. The Morgan fingerprint density at radius 1 is 0.287 bits per heavy atom. The van der Waals surface area contributed by atoms with Gasteiger partial charge in [0.15, 0.2) is 12.2 Å². The highest BCUT2D eigenvalue weighted by atomic mass is 31.2. The van der Waals surface area contributed by atoms with E-state index < -0.39 is 97.5 Å². The summed E-state index contributed by atoms with van der Waals surface area (Å²) in [4.78, 5) is 72.6. The van der Waals surface area contributed by atoms with Crippen LogP contribution in [0, 0.1) is 5.92 Å². The van der Waals surface area contributed by atoms with Crippen molar-refractivity contribution >= 4 is 39.5 Å². The third-order valence-corrected chi connectivity index (χ3v) is 19.4. The molecule has 0 spiro atoms. The van der Waals surface area contributed by atoms with Gasteiger partial charge in [-0.3, -0.25) is 37.3 Å². The van der Waals surface area contributed by atoms with Gasteiger partial charge in [0.1, 0.15) is 19.3 Å². The smallest absolute Gasteiger partial charge is 0.462 e. The summed E-state index contributed by atoms with van der Waals surface area (Å²) in [6.07, 6.45) is 57.0. The summed E-state index contributed by atoms with van der Waals surface area (Å²) >= 11 is 0. The lowest BCUT2D eigenvalue weighted by Gasteiger charge is -2.21. The summed E-state index contributed by atoms with van der Waals surface area (Å²) in [6.45, 7) is 7.27. The Morgan fingerprint density at radius 3 is 0.723 bits per heavy atom. The SMILES string of the molecule is CCCCCCCCCCCCCCCCCCCCCC(=O)O[C@H](COC(=O)CCCCCCCCCCCCCCCCC(C)C)COP(=O)(O)OC[C@@H](O)COP(=O)(O)OC[C@@H](COC(=O)CCCCCCCCCC)OC(=O)CCCCCCCCCCCC. The molecule has 0 amide bonds. The molecule has 94 heavy (non-hydrogen) atoms. The number of rotatable bonds is 75. The predicted octanol–water partition coefficient (Wildman–Crippen LogP) is 22.1. The molecule has 0 aliphatic rings. The largest absolute Gasteiger partial charge is 0.472 e. The van der Waals surface area contributed by atoms with Gasteiger partial charge in [0.25, 0.3) is 0 Å². The molecule has 558 valence electrons. The first-order chi connectivity index (χ1) is 45.5. The van der Waals surface area contributed by atoms with Gasteiger partial charge in [-0.1, -0.05) is 343 Å². The minimum atomic E-state index is -4.96. The van der Waals surface area contributed by atoms with E-state index in [9.17, 15) is 43.2 Å². The van der Waals surface area contributed by atoms with Crippen LogP contribution in [0.25, 0.3) is 0 Å². The van der Waals surface area contributed by atoms with Gasteiger partial charge in [-0.05, 0) is 31.6 Å². The Hall–Kier alpha value is -1.94. The van der Waals surface area contributed by atoms with Crippen molar-refractivity contribution in [3.8, 4) is 0 Å². The van der Waals surface area contributed by atoms with Crippen LogP contribution in [-0.2, 0) is 65.4 Å². The number of phosphoric ester groups is 2. The highest BCUT2D eigenvalue weighted by molar-refractivity contribution is 7.47. The number of carbonyl (C=O) groups excluding carboxylic acids is 4. The molecule has 0 fully saturated rings. The van der Waals surface area contributed by atoms with Gasteiger partial charge >= 0.3 is 39.5 Å². The number of aliphatic hydroxyl groups excluding tert-OH is 1. The third-order valence-electron chi connectivity index (χ3n) is 17.5. The molecule has 0 aliphatic carbocycles. The fraction of sp³-hybridized carbons (Fsp3) is 0.947. The number of unbranched alkanes of at least 4 members (excludes halogenated alkanes) is 47. The van der Waals surface area contributed by atoms with E-state index in [0.717, 1.165) is 102 Å². The van der Waals surface area contributed by atoms with E-state index in [1.807, 2.05) is 0 Å². The van der Waals surface area contributed by atoms with Crippen LogP contribution >= 0.6 is 15.6 Å². The Balaban J connectivity index is 5.18. The molecule has 0 radical (unpaired) electrons. The van der Waals surface area contributed by atoms with Gasteiger partial charge < -0.3 is 33.8 Å². The van der Waals surface area contributed by atoms with Crippen LogP contribution in [0.5, 0.6) is 0 Å². The number of ether oxygens (including phenoxy) is 4. The molecule has 0 aliphatic heterocycles. The summed E-state index contributed by atoms with van der Waals surface area (Å²) in [5.41, 5.74) is 0. The fourth-order valence-electron chi connectivity index (χ4n) is 11.5. The zero-order valence-electron chi connectivity index (χ0n) is 61.1. The molecule has 5 atom stereocenters. The van der Waals surface area contributed by atoms with Crippen molar-refractivity contribution in [1.29, 1.82) is 0 Å². The van der Waals surface area contributed by atoms with Crippen LogP contribution in [0.1, 0.15) is 394 Å². The Labute approximate surface area is 575 Å². The summed E-state index contributed by atoms with van der Waals surface area (Å²) in [6, 6.07) is 0. The molecule has 17 nitrogen and oxygen atoms in total. The van der Waals surface area contributed by atoms with Crippen LogP contribution in [0.4, 0.5) is 0 Å². The number of esters is 4. The summed E-state index contributed by atoms with van der Waals surface area (Å²) in [5.74, 6) is -1.32. The maximum atomic E-state index is 13.1. The van der Waals surface area contributed by atoms with E-state index >= 15 is 0 Å². The first kappa shape index (κ1) is 92.1. The van der Waals surface area contributed by atoms with Crippen LogP contribution in [0.3, 0.4) is 0 Å². The van der Waals surface area contributed by atoms with Gasteiger partial charge in [0.2, 0.25) is 0 Å².